The van der Waals surface area contributed by atoms with Gasteiger partial charge < -0.3 is 0 Å². The van der Waals surface area contributed by atoms with Gasteiger partial charge in [0.2, 0.25) is 0 Å². The molecule has 0 amide bonds. The van der Waals surface area contributed by atoms with E-state index in [2.05, 4.69) is 56.6 Å². The number of benzene rings is 1. The van der Waals surface area contributed by atoms with Crippen LogP contribution in [-0.2, 0) is 6.42 Å². The Morgan fingerprint density at radius 1 is 1.13 bits per heavy atom. The van der Waals surface area contributed by atoms with Crippen molar-refractivity contribution in [3.05, 3.63) is 48.0 Å². The van der Waals surface area contributed by atoms with Gasteiger partial charge in [-0.25, -0.2) is 0 Å². The summed E-state index contributed by atoms with van der Waals surface area (Å²) in [6.45, 7) is 11.4. The Hall–Kier alpha value is -0.823. The molecule has 1 aromatic rings. The number of hydrogen-bond acceptors (Lipinski definition) is 0. The lowest BCUT2D eigenvalue weighted by Gasteiger charge is -2.16. The summed E-state index contributed by atoms with van der Waals surface area (Å²) in [6, 6.07) is 12.0. The van der Waals surface area contributed by atoms with E-state index in [0.717, 1.165) is 6.42 Å². The van der Waals surface area contributed by atoms with Crippen LogP contribution in [0.4, 0.5) is 0 Å². The lowest BCUT2D eigenvalue weighted by atomic mass is 10.1. The summed E-state index contributed by atoms with van der Waals surface area (Å²) in [4.78, 5) is 0. The van der Waals surface area contributed by atoms with Gasteiger partial charge in [-0.1, -0.05) is 68.2 Å². The highest BCUT2D eigenvalue weighted by Gasteiger charge is 2.12. The molecule has 0 heterocycles. The summed E-state index contributed by atoms with van der Waals surface area (Å²) in [5.41, 5.74) is 2.77. The summed E-state index contributed by atoms with van der Waals surface area (Å²) < 4.78 is 0. The fraction of sp³-hybridized carbons (Fsp3) is 0.429. The zero-order valence-corrected chi connectivity index (χ0v) is 11.2. The number of allylic oxidation sites excluding steroid dienone is 1. The van der Waals surface area contributed by atoms with E-state index < -0.39 is 8.07 Å². The second-order valence-electron chi connectivity index (χ2n) is 5.47. The second-order valence-corrected chi connectivity index (χ2v) is 11.1. The van der Waals surface area contributed by atoms with Gasteiger partial charge in [0.1, 0.15) is 0 Å². The molecule has 0 aliphatic rings. The van der Waals surface area contributed by atoms with Gasteiger partial charge in [-0.05, 0) is 18.4 Å². The maximum absolute atomic E-state index is 4.18. The van der Waals surface area contributed by atoms with E-state index in [1.807, 2.05) is 0 Å². The molecule has 0 nitrogen and oxygen atoms in total. The quantitative estimate of drug-likeness (QED) is 0.504. The summed E-state index contributed by atoms with van der Waals surface area (Å²) in [5, 5.41) is 0. The fourth-order valence-electron chi connectivity index (χ4n) is 1.52. The van der Waals surface area contributed by atoms with Crippen molar-refractivity contribution in [2.75, 3.05) is 0 Å². The third kappa shape index (κ3) is 5.58. The molecule has 0 fully saturated rings. The molecule has 0 N–H and O–H groups in total. The van der Waals surface area contributed by atoms with Crippen LogP contribution in [0.15, 0.2) is 42.5 Å². The molecule has 82 valence electrons. The molecule has 0 saturated heterocycles. The van der Waals surface area contributed by atoms with Crippen LogP contribution >= 0.6 is 0 Å². The zero-order valence-electron chi connectivity index (χ0n) is 10.2. The Bertz CT molecular complexity index is 306. The van der Waals surface area contributed by atoms with Crippen LogP contribution < -0.4 is 0 Å². The lowest BCUT2D eigenvalue weighted by molar-refractivity contribution is 0.991. The lowest BCUT2D eigenvalue weighted by Crippen LogP contribution is -2.19. The maximum atomic E-state index is 4.18. The molecule has 0 bridgehead atoms. The molecule has 0 atom stereocenters. The third-order valence-corrected chi connectivity index (χ3v) is 4.28. The Morgan fingerprint density at radius 3 is 2.27 bits per heavy atom. The molecular formula is C14H22Si. The van der Waals surface area contributed by atoms with Gasteiger partial charge in [-0.3, -0.25) is 0 Å². The minimum atomic E-state index is -0.898. The zero-order chi connectivity index (χ0) is 11.3. The van der Waals surface area contributed by atoms with Gasteiger partial charge in [0.15, 0.2) is 0 Å². The number of rotatable bonds is 5. The summed E-state index contributed by atoms with van der Waals surface area (Å²) in [6.07, 6.45) is 2.25. The van der Waals surface area contributed by atoms with Gasteiger partial charge in [-0.2, -0.15) is 0 Å². The maximum Gasteiger partial charge on any atom is 0.0445 e. The van der Waals surface area contributed by atoms with Crippen LogP contribution in [0.2, 0.25) is 25.7 Å². The first kappa shape index (κ1) is 12.2. The first-order valence-electron chi connectivity index (χ1n) is 5.68. The SMILES string of the molecule is C=C(CC[Si](C)(C)C)Cc1ccccc1. The van der Waals surface area contributed by atoms with Crippen molar-refractivity contribution in [2.24, 2.45) is 0 Å². The first-order chi connectivity index (χ1) is 6.97. The first-order valence-corrected chi connectivity index (χ1v) is 9.39. The van der Waals surface area contributed by atoms with Crippen LogP contribution in [0, 0.1) is 0 Å². The highest BCUT2D eigenvalue weighted by molar-refractivity contribution is 6.76. The molecule has 1 rings (SSSR count). The highest BCUT2D eigenvalue weighted by Crippen LogP contribution is 2.17. The van der Waals surface area contributed by atoms with Crippen LogP contribution in [0.5, 0.6) is 0 Å². The van der Waals surface area contributed by atoms with Crippen molar-refractivity contribution in [3.63, 3.8) is 0 Å². The normalized spacial score (nSPS) is 11.4. The van der Waals surface area contributed by atoms with E-state index in [1.54, 1.807) is 0 Å². The van der Waals surface area contributed by atoms with Crippen LogP contribution in [0.3, 0.4) is 0 Å². The number of hydrogen-bond donors (Lipinski definition) is 0. The van der Waals surface area contributed by atoms with E-state index >= 15 is 0 Å². The predicted molar refractivity (Wildman–Crippen MR) is 72.1 cm³/mol. The highest BCUT2D eigenvalue weighted by atomic mass is 28.3. The standard InChI is InChI=1S/C14H22Si/c1-13(10-11-15(2,3)4)12-14-8-6-5-7-9-14/h5-9H,1,10-12H2,2-4H3. The van der Waals surface area contributed by atoms with Crippen molar-refractivity contribution in [3.8, 4) is 0 Å². The molecule has 0 radical (unpaired) electrons. The van der Waals surface area contributed by atoms with Gasteiger partial charge in [-0.15, -0.1) is 0 Å². The molecule has 0 aliphatic carbocycles. The van der Waals surface area contributed by atoms with E-state index in [-0.39, 0.29) is 0 Å². The van der Waals surface area contributed by atoms with Gasteiger partial charge in [0.25, 0.3) is 0 Å². The molecule has 1 aromatic carbocycles. The van der Waals surface area contributed by atoms with Crippen LogP contribution in [-0.4, -0.2) is 8.07 Å². The van der Waals surface area contributed by atoms with Crippen molar-refractivity contribution in [1.29, 1.82) is 0 Å². The molecule has 0 aliphatic heterocycles. The monoisotopic (exact) mass is 218 g/mol. The molecule has 0 spiro atoms. The molecule has 0 aromatic heterocycles. The van der Waals surface area contributed by atoms with E-state index in [9.17, 15) is 0 Å². The van der Waals surface area contributed by atoms with Crippen molar-refractivity contribution >= 4 is 8.07 Å². The Kier molecular flexibility index (Phi) is 4.34. The molecule has 0 saturated carbocycles. The van der Waals surface area contributed by atoms with Crippen molar-refractivity contribution < 1.29 is 0 Å². The molecule has 15 heavy (non-hydrogen) atoms. The Morgan fingerprint density at radius 2 is 1.73 bits per heavy atom. The minimum Gasteiger partial charge on any atom is -0.0995 e. The van der Waals surface area contributed by atoms with E-state index in [0.29, 0.717) is 0 Å². The summed E-state index contributed by atoms with van der Waals surface area (Å²) in [7, 11) is -0.898. The van der Waals surface area contributed by atoms with Crippen molar-refractivity contribution in [1.82, 2.24) is 0 Å². The van der Waals surface area contributed by atoms with Gasteiger partial charge in [0.05, 0.1) is 0 Å². The van der Waals surface area contributed by atoms with E-state index in [4.69, 9.17) is 0 Å². The largest absolute Gasteiger partial charge is 0.0995 e. The van der Waals surface area contributed by atoms with Gasteiger partial charge in [0, 0.05) is 8.07 Å². The topological polar surface area (TPSA) is 0 Å². The average Bonchev–Trinajstić information content (AvgIpc) is 2.15. The summed E-state index contributed by atoms with van der Waals surface area (Å²) in [5.74, 6) is 0. The minimum absolute atomic E-state index is 0.898. The smallest absolute Gasteiger partial charge is 0.0445 e. The second kappa shape index (κ2) is 5.31. The summed E-state index contributed by atoms with van der Waals surface area (Å²) >= 11 is 0. The van der Waals surface area contributed by atoms with Gasteiger partial charge >= 0.3 is 0 Å². The molecular weight excluding hydrogens is 196 g/mol. The fourth-order valence-corrected chi connectivity index (χ4v) is 2.63. The van der Waals surface area contributed by atoms with Crippen LogP contribution in [0.25, 0.3) is 0 Å². The third-order valence-electron chi connectivity index (χ3n) is 2.53. The average molecular weight is 218 g/mol. The Labute approximate surface area is 95.0 Å². The molecule has 1 heteroatoms. The Balaban J connectivity index is 2.38. The van der Waals surface area contributed by atoms with E-state index in [1.165, 1.54) is 23.6 Å². The molecule has 0 unspecified atom stereocenters. The van der Waals surface area contributed by atoms with Crippen molar-refractivity contribution in [2.45, 2.75) is 38.5 Å². The predicted octanol–water partition coefficient (Wildman–Crippen LogP) is 4.51. The van der Waals surface area contributed by atoms with Crippen LogP contribution in [0.1, 0.15) is 12.0 Å².